The average molecular weight is 905 g/mol. The van der Waals surface area contributed by atoms with Gasteiger partial charge in [0.05, 0.1) is 4.88 Å². The predicted octanol–water partition coefficient (Wildman–Crippen LogP) is 9.63. The predicted molar refractivity (Wildman–Crippen MR) is 251 cm³/mol. The van der Waals surface area contributed by atoms with Gasteiger partial charge in [0.15, 0.2) is 23.2 Å². The minimum Gasteiger partial charge on any atom is -0.483 e. The normalized spacial score (nSPS) is 16.7. The summed E-state index contributed by atoms with van der Waals surface area (Å²) in [6.45, 7) is 6.79. The van der Waals surface area contributed by atoms with Gasteiger partial charge in [-0.25, -0.2) is 14.1 Å². The van der Waals surface area contributed by atoms with Crippen molar-refractivity contribution in [3.8, 4) is 16.2 Å². The first-order valence-corrected chi connectivity index (χ1v) is 22.9. The summed E-state index contributed by atoms with van der Waals surface area (Å²) in [5, 5.41) is 19.5. The lowest BCUT2D eigenvalue weighted by atomic mass is 9.84. The van der Waals surface area contributed by atoms with E-state index in [0.717, 1.165) is 107 Å². The number of ether oxygens (including phenoxy) is 1. The smallest absolute Gasteiger partial charge is 0.349 e. The molecule has 1 unspecified atom stereocenters. The number of thiophene rings is 1. The van der Waals surface area contributed by atoms with Crippen molar-refractivity contribution in [2.75, 3.05) is 36.5 Å². The summed E-state index contributed by atoms with van der Waals surface area (Å²) in [6, 6.07) is 25.9. The van der Waals surface area contributed by atoms with Crippen molar-refractivity contribution < 1.29 is 33.8 Å². The van der Waals surface area contributed by atoms with E-state index in [2.05, 4.69) is 58.0 Å². The molecule has 0 radical (unpaired) electrons. The Kier molecular flexibility index (Phi) is 13.1. The molecule has 15 heteroatoms. The van der Waals surface area contributed by atoms with Crippen LogP contribution in [0.25, 0.3) is 32.0 Å². The number of piperidine rings is 2. The number of anilines is 2. The second kappa shape index (κ2) is 18.9. The second-order valence-corrected chi connectivity index (χ2v) is 18.8. The molecule has 0 spiro atoms. The summed E-state index contributed by atoms with van der Waals surface area (Å²) in [4.78, 5) is 66.3. The number of carbonyl (C=O) groups is 5. The monoisotopic (exact) mass is 903 g/mol. The van der Waals surface area contributed by atoms with Gasteiger partial charge in [0.1, 0.15) is 17.4 Å². The topological polar surface area (TPSA) is 158 Å². The van der Waals surface area contributed by atoms with Gasteiger partial charge in [0, 0.05) is 70.8 Å². The van der Waals surface area contributed by atoms with Crippen LogP contribution in [-0.2, 0) is 15.3 Å². The number of nitrogens with zero attached hydrogens (tertiary/aromatic N) is 3. The SMILES string of the molecule is CC1(C)CC(Nc2cccc(-c3sc(C(=O)O)c(OCC=O)c3Cl)c2)CCN1SCc1ccc2cnc(N3CCC(c4ccc(C(=O)NC=O)c5c(C=O)cccc45)CC3)cc2c1. The molecule has 1 atom stereocenters. The fraction of sp³-hybridized carbons (Fsp3) is 0.292. The Bertz CT molecular complexity index is 2730. The van der Waals surface area contributed by atoms with E-state index in [1.165, 1.54) is 5.56 Å². The third kappa shape index (κ3) is 9.31. The number of aromatic nitrogens is 1. The fourth-order valence-electron chi connectivity index (χ4n) is 8.95. The van der Waals surface area contributed by atoms with Gasteiger partial charge < -0.3 is 20.1 Å². The van der Waals surface area contributed by atoms with Crippen LogP contribution in [0.4, 0.5) is 11.5 Å². The highest BCUT2D eigenvalue weighted by Crippen LogP contribution is 2.46. The summed E-state index contributed by atoms with van der Waals surface area (Å²) >= 11 is 9.47. The molecule has 2 saturated heterocycles. The van der Waals surface area contributed by atoms with E-state index < -0.39 is 11.9 Å². The number of fused-ring (bicyclic) bond motifs is 2. The first-order chi connectivity index (χ1) is 30.5. The van der Waals surface area contributed by atoms with Crippen LogP contribution in [-0.4, -0.2) is 83.1 Å². The standard InChI is InChI=1S/C48H46ClN5O7S2/c1-48(2)24-36(52-35-7-3-5-31(22-35)44-42(49)43(61-20-19-55)45(63-44)47(59)60)15-18-54(48)62-27-29-9-10-32-25-50-40(23-34(32)21-29)53-16-13-30(14-17-53)37-11-12-39(46(58)51-28-57)41-33(26-56)6-4-8-38(37)41/h3-12,19,21-23,25-26,28,30,36,52H,13-18,20,24,27H2,1-2H3,(H,59,60)(H,51,57,58). The van der Waals surface area contributed by atoms with Crippen LogP contribution in [0.3, 0.4) is 0 Å². The van der Waals surface area contributed by atoms with E-state index in [9.17, 15) is 29.1 Å². The van der Waals surface area contributed by atoms with Crippen LogP contribution in [0.1, 0.15) is 87.0 Å². The number of nitrogens with one attached hydrogen (secondary N) is 2. The minimum absolute atomic E-state index is 0.0126. The third-order valence-electron chi connectivity index (χ3n) is 12.0. The van der Waals surface area contributed by atoms with E-state index in [0.29, 0.717) is 34.1 Å². The van der Waals surface area contributed by atoms with Crippen molar-refractivity contribution in [1.29, 1.82) is 0 Å². The van der Waals surface area contributed by atoms with Gasteiger partial charge in [-0.05, 0) is 97.2 Å². The van der Waals surface area contributed by atoms with Gasteiger partial charge in [-0.1, -0.05) is 78.1 Å². The zero-order chi connectivity index (χ0) is 44.3. The Morgan fingerprint density at radius 1 is 0.984 bits per heavy atom. The number of hydrogen-bond acceptors (Lipinski definition) is 12. The summed E-state index contributed by atoms with van der Waals surface area (Å²) in [5.41, 5.74) is 4.65. The van der Waals surface area contributed by atoms with Crippen molar-refractivity contribution in [3.05, 3.63) is 117 Å². The Labute approximate surface area is 378 Å². The van der Waals surface area contributed by atoms with Crippen molar-refractivity contribution in [3.63, 3.8) is 0 Å². The van der Waals surface area contributed by atoms with Gasteiger partial charge >= 0.3 is 5.97 Å². The lowest BCUT2D eigenvalue weighted by Gasteiger charge is -2.45. The van der Waals surface area contributed by atoms with Crippen LogP contribution in [0, 0.1) is 0 Å². The molecule has 2 amide bonds. The van der Waals surface area contributed by atoms with Gasteiger partial charge in [-0.3, -0.25) is 24.5 Å². The molecular weight excluding hydrogens is 858 g/mol. The highest BCUT2D eigenvalue weighted by molar-refractivity contribution is 7.96. The lowest BCUT2D eigenvalue weighted by Crippen LogP contribution is -2.49. The van der Waals surface area contributed by atoms with Gasteiger partial charge in [0.2, 0.25) is 6.41 Å². The summed E-state index contributed by atoms with van der Waals surface area (Å²) in [7, 11) is 0. The van der Waals surface area contributed by atoms with Crippen LogP contribution in [0.2, 0.25) is 5.02 Å². The molecule has 0 aliphatic carbocycles. The molecule has 2 aromatic heterocycles. The molecule has 4 aromatic carbocycles. The molecule has 12 nitrogen and oxygen atoms in total. The van der Waals surface area contributed by atoms with E-state index in [1.807, 2.05) is 60.6 Å². The Morgan fingerprint density at radius 2 is 1.79 bits per heavy atom. The van der Waals surface area contributed by atoms with Gasteiger partial charge in [-0.2, -0.15) is 0 Å². The number of carboxylic acids is 1. The molecular formula is C48H46ClN5O7S2. The Hall–Kier alpha value is -5.80. The first kappa shape index (κ1) is 43.8. The van der Waals surface area contributed by atoms with Crippen LogP contribution in [0.5, 0.6) is 5.75 Å². The maximum absolute atomic E-state index is 12.7. The van der Waals surface area contributed by atoms with Crippen molar-refractivity contribution >= 4 is 98.8 Å². The number of halogens is 1. The summed E-state index contributed by atoms with van der Waals surface area (Å²) in [5.74, 6) is 0.321. The molecule has 2 aliphatic heterocycles. The summed E-state index contributed by atoms with van der Waals surface area (Å²) < 4.78 is 7.87. The number of aldehydes is 2. The zero-order valence-corrected chi connectivity index (χ0v) is 37.2. The second-order valence-electron chi connectivity index (χ2n) is 16.5. The van der Waals surface area contributed by atoms with Gasteiger partial charge in [0.25, 0.3) is 5.91 Å². The lowest BCUT2D eigenvalue weighted by molar-refractivity contribution is -0.110. The summed E-state index contributed by atoms with van der Waals surface area (Å²) in [6.07, 6.45) is 7.24. The number of amides is 2. The highest BCUT2D eigenvalue weighted by Gasteiger charge is 2.35. The highest BCUT2D eigenvalue weighted by atomic mass is 35.5. The van der Waals surface area contributed by atoms with E-state index >= 15 is 0 Å². The van der Waals surface area contributed by atoms with Gasteiger partial charge in [-0.15, -0.1) is 11.3 Å². The molecule has 2 fully saturated rings. The zero-order valence-electron chi connectivity index (χ0n) is 34.8. The molecule has 6 aromatic rings. The Morgan fingerprint density at radius 3 is 2.54 bits per heavy atom. The fourth-order valence-corrected chi connectivity index (χ4v) is 11.5. The van der Waals surface area contributed by atoms with E-state index in [1.54, 1.807) is 12.1 Å². The van der Waals surface area contributed by atoms with Crippen LogP contribution < -0.4 is 20.3 Å². The number of imide groups is 1. The van der Waals surface area contributed by atoms with E-state index in [4.69, 9.17) is 21.3 Å². The molecule has 4 heterocycles. The van der Waals surface area contributed by atoms with Crippen molar-refractivity contribution in [2.45, 2.75) is 62.8 Å². The number of benzene rings is 4. The molecule has 0 bridgehead atoms. The molecule has 3 N–H and O–H groups in total. The maximum atomic E-state index is 12.7. The largest absolute Gasteiger partial charge is 0.483 e. The number of pyridine rings is 1. The molecule has 63 heavy (non-hydrogen) atoms. The number of hydrogen-bond donors (Lipinski definition) is 3. The molecule has 324 valence electrons. The average Bonchev–Trinajstić information content (AvgIpc) is 3.62. The molecule has 0 saturated carbocycles. The number of rotatable bonds is 15. The van der Waals surface area contributed by atoms with Crippen molar-refractivity contribution in [2.24, 2.45) is 0 Å². The van der Waals surface area contributed by atoms with Crippen LogP contribution >= 0.6 is 34.9 Å². The first-order valence-electron chi connectivity index (χ1n) is 20.8. The molecule has 8 rings (SSSR count). The van der Waals surface area contributed by atoms with E-state index in [-0.39, 0.29) is 39.8 Å². The minimum atomic E-state index is -1.16. The number of carbonyl (C=O) groups excluding carboxylic acids is 4. The maximum Gasteiger partial charge on any atom is 0.349 e. The third-order valence-corrected chi connectivity index (χ3v) is 15.1. The van der Waals surface area contributed by atoms with Crippen LogP contribution in [0.15, 0.2) is 85.1 Å². The van der Waals surface area contributed by atoms with Crippen molar-refractivity contribution in [1.82, 2.24) is 14.6 Å². The quantitative estimate of drug-likeness (QED) is 0.0663. The number of aromatic carboxylic acids is 1. The Balaban J connectivity index is 0.888. The molecule has 2 aliphatic rings. The number of carboxylic acid groups (broad SMARTS) is 1.